The van der Waals surface area contributed by atoms with Crippen LogP contribution < -0.4 is 5.73 Å². The van der Waals surface area contributed by atoms with Gasteiger partial charge in [-0.2, -0.15) is 0 Å². The molecule has 1 aliphatic rings. The molecule has 2 nitrogen and oxygen atoms in total. The molecule has 2 aromatic carbocycles. The van der Waals surface area contributed by atoms with Gasteiger partial charge >= 0.3 is 0 Å². The number of nitrogens with two attached hydrogens (primary N) is 1. The second kappa shape index (κ2) is 4.69. The highest BCUT2D eigenvalue weighted by molar-refractivity contribution is 5.42. The van der Waals surface area contributed by atoms with Crippen LogP contribution in [0, 0.1) is 12.7 Å². The first-order chi connectivity index (χ1) is 9.49. The molecule has 0 radical (unpaired) electrons. The summed E-state index contributed by atoms with van der Waals surface area (Å²) in [5, 5.41) is 11.0. The lowest BCUT2D eigenvalue weighted by Gasteiger charge is -2.25. The fourth-order valence-corrected chi connectivity index (χ4v) is 3.14. The Morgan fingerprint density at radius 1 is 1.30 bits per heavy atom. The van der Waals surface area contributed by atoms with Gasteiger partial charge in [0.25, 0.3) is 0 Å². The number of fused-ring (bicyclic) bond motifs is 1. The molecule has 0 bridgehead atoms. The van der Waals surface area contributed by atoms with E-state index in [1.807, 2.05) is 31.2 Å². The Morgan fingerprint density at radius 2 is 2.05 bits per heavy atom. The van der Waals surface area contributed by atoms with E-state index in [0.717, 1.165) is 22.3 Å². The Kier molecular flexibility index (Phi) is 3.11. The Bertz CT molecular complexity index is 655. The van der Waals surface area contributed by atoms with Crippen molar-refractivity contribution in [2.75, 3.05) is 0 Å². The number of benzene rings is 2. The molecule has 20 heavy (non-hydrogen) atoms. The van der Waals surface area contributed by atoms with Crippen LogP contribution in [-0.2, 0) is 12.0 Å². The summed E-state index contributed by atoms with van der Waals surface area (Å²) in [6.45, 7) is 1.93. The first-order valence-corrected chi connectivity index (χ1v) is 6.82. The lowest BCUT2D eigenvalue weighted by molar-refractivity contribution is 0.0340. The second-order valence-corrected chi connectivity index (χ2v) is 5.68. The molecule has 0 saturated carbocycles. The highest BCUT2D eigenvalue weighted by atomic mass is 19.1. The third kappa shape index (κ3) is 2.13. The minimum absolute atomic E-state index is 0.162. The zero-order valence-corrected chi connectivity index (χ0v) is 11.4. The maximum absolute atomic E-state index is 13.4. The number of hydrogen-bond acceptors (Lipinski definition) is 2. The summed E-state index contributed by atoms with van der Waals surface area (Å²) in [6, 6.07) is 12.2. The number of rotatable bonds is 2. The Hall–Kier alpha value is -1.71. The van der Waals surface area contributed by atoms with Crippen LogP contribution in [0.15, 0.2) is 42.5 Å². The van der Waals surface area contributed by atoms with Gasteiger partial charge in [-0.1, -0.05) is 30.3 Å². The van der Waals surface area contributed by atoms with Gasteiger partial charge in [0.05, 0.1) is 5.60 Å². The summed E-state index contributed by atoms with van der Waals surface area (Å²) in [6.07, 6.45) is 0.865. The van der Waals surface area contributed by atoms with Crippen molar-refractivity contribution in [2.24, 2.45) is 5.73 Å². The van der Waals surface area contributed by atoms with Crippen molar-refractivity contribution < 1.29 is 9.50 Å². The van der Waals surface area contributed by atoms with E-state index in [1.165, 1.54) is 12.1 Å². The molecule has 2 atom stereocenters. The number of aryl methyl sites for hydroxylation is 1. The lowest BCUT2D eigenvalue weighted by Crippen LogP contribution is -2.27. The molecule has 0 amide bonds. The summed E-state index contributed by atoms with van der Waals surface area (Å²) in [5.74, 6) is -0.273. The van der Waals surface area contributed by atoms with E-state index in [1.54, 1.807) is 6.07 Å². The van der Waals surface area contributed by atoms with Crippen molar-refractivity contribution in [3.05, 3.63) is 70.5 Å². The van der Waals surface area contributed by atoms with Crippen molar-refractivity contribution in [3.63, 3.8) is 0 Å². The van der Waals surface area contributed by atoms with Crippen molar-refractivity contribution in [1.82, 2.24) is 0 Å². The van der Waals surface area contributed by atoms with E-state index < -0.39 is 5.60 Å². The predicted molar refractivity (Wildman–Crippen MR) is 76.7 cm³/mol. The maximum Gasteiger partial charge on any atom is 0.123 e. The smallest absolute Gasteiger partial charge is 0.123 e. The van der Waals surface area contributed by atoms with Crippen molar-refractivity contribution in [2.45, 2.75) is 31.4 Å². The Labute approximate surface area is 118 Å². The summed E-state index contributed by atoms with van der Waals surface area (Å²) in [7, 11) is 0. The van der Waals surface area contributed by atoms with Crippen LogP contribution in [0.4, 0.5) is 4.39 Å². The second-order valence-electron chi connectivity index (χ2n) is 5.68. The van der Waals surface area contributed by atoms with Crippen LogP contribution in [0.3, 0.4) is 0 Å². The first-order valence-electron chi connectivity index (χ1n) is 6.82. The van der Waals surface area contributed by atoms with Crippen LogP contribution in [0.2, 0.25) is 0 Å². The van der Waals surface area contributed by atoms with Gasteiger partial charge in [-0.25, -0.2) is 4.39 Å². The molecule has 0 aromatic heterocycles. The molecule has 1 aliphatic carbocycles. The predicted octanol–water partition coefficient (Wildman–Crippen LogP) is 2.97. The van der Waals surface area contributed by atoms with Crippen molar-refractivity contribution in [1.29, 1.82) is 0 Å². The molecule has 0 fully saturated rings. The topological polar surface area (TPSA) is 46.2 Å². The van der Waals surface area contributed by atoms with Gasteiger partial charge in [0.2, 0.25) is 0 Å². The van der Waals surface area contributed by atoms with Gasteiger partial charge in [-0.15, -0.1) is 0 Å². The minimum Gasteiger partial charge on any atom is -0.385 e. The van der Waals surface area contributed by atoms with Gasteiger partial charge in [0.1, 0.15) is 5.82 Å². The molecule has 2 unspecified atom stereocenters. The number of halogens is 1. The van der Waals surface area contributed by atoms with Crippen LogP contribution >= 0.6 is 0 Å². The molecule has 0 heterocycles. The number of aliphatic hydroxyl groups is 1. The zero-order chi connectivity index (χ0) is 14.3. The van der Waals surface area contributed by atoms with Gasteiger partial charge in [-0.05, 0) is 47.7 Å². The zero-order valence-electron chi connectivity index (χ0n) is 11.4. The Morgan fingerprint density at radius 3 is 2.85 bits per heavy atom. The van der Waals surface area contributed by atoms with Crippen LogP contribution in [-0.4, -0.2) is 5.11 Å². The molecule has 3 rings (SSSR count). The third-order valence-electron chi connectivity index (χ3n) is 4.21. The van der Waals surface area contributed by atoms with Crippen LogP contribution in [0.5, 0.6) is 0 Å². The lowest BCUT2D eigenvalue weighted by atomic mass is 9.87. The summed E-state index contributed by atoms with van der Waals surface area (Å²) < 4.78 is 13.4. The first kappa shape index (κ1) is 13.3. The van der Waals surface area contributed by atoms with E-state index in [-0.39, 0.29) is 11.9 Å². The largest absolute Gasteiger partial charge is 0.385 e. The molecule has 3 heteroatoms. The summed E-state index contributed by atoms with van der Waals surface area (Å²) in [4.78, 5) is 0. The van der Waals surface area contributed by atoms with Crippen LogP contribution in [0.1, 0.15) is 34.7 Å². The van der Waals surface area contributed by atoms with E-state index >= 15 is 0 Å². The van der Waals surface area contributed by atoms with Crippen molar-refractivity contribution >= 4 is 0 Å². The van der Waals surface area contributed by atoms with Gasteiger partial charge in [0.15, 0.2) is 0 Å². The van der Waals surface area contributed by atoms with Crippen LogP contribution in [0.25, 0.3) is 0 Å². The average Bonchev–Trinajstić information content (AvgIpc) is 2.67. The monoisotopic (exact) mass is 271 g/mol. The quantitative estimate of drug-likeness (QED) is 0.882. The van der Waals surface area contributed by atoms with E-state index in [0.29, 0.717) is 12.8 Å². The highest BCUT2D eigenvalue weighted by Crippen LogP contribution is 2.44. The molecule has 104 valence electrons. The molecule has 0 spiro atoms. The minimum atomic E-state index is -1.01. The fourth-order valence-electron chi connectivity index (χ4n) is 3.14. The standard InChI is InChI=1S/C17H18FNO/c1-11-6-7-13(18)8-12(11)9-17(20)10-16(19)14-4-2-3-5-15(14)17/h2-8,16,20H,9-10,19H2,1H3. The SMILES string of the molecule is Cc1ccc(F)cc1CC1(O)CC(N)c2ccccc21. The maximum atomic E-state index is 13.4. The summed E-state index contributed by atoms with van der Waals surface area (Å²) >= 11 is 0. The molecule has 2 aromatic rings. The molecule has 0 aliphatic heterocycles. The normalized spacial score (nSPS) is 24.7. The summed E-state index contributed by atoms with van der Waals surface area (Å²) in [5.41, 5.74) is 8.78. The van der Waals surface area contributed by atoms with Gasteiger partial charge in [0, 0.05) is 12.5 Å². The van der Waals surface area contributed by atoms with Gasteiger partial charge in [-0.3, -0.25) is 0 Å². The highest BCUT2D eigenvalue weighted by Gasteiger charge is 2.40. The van der Waals surface area contributed by atoms with E-state index in [2.05, 4.69) is 0 Å². The molecular formula is C17H18FNO. The van der Waals surface area contributed by atoms with Gasteiger partial charge < -0.3 is 10.8 Å². The third-order valence-corrected chi connectivity index (χ3v) is 4.21. The fraction of sp³-hybridized carbons (Fsp3) is 0.294. The van der Waals surface area contributed by atoms with E-state index in [9.17, 15) is 9.50 Å². The molecular weight excluding hydrogens is 253 g/mol. The molecule has 0 saturated heterocycles. The van der Waals surface area contributed by atoms with E-state index in [4.69, 9.17) is 5.73 Å². The average molecular weight is 271 g/mol. The Balaban J connectivity index is 2.01. The number of hydrogen-bond donors (Lipinski definition) is 2. The molecule has 3 N–H and O–H groups in total. The van der Waals surface area contributed by atoms with Crippen molar-refractivity contribution in [3.8, 4) is 0 Å².